The second kappa shape index (κ2) is 5.25. The molecule has 2 N–H and O–H groups in total. The van der Waals surface area contributed by atoms with E-state index in [-0.39, 0.29) is 5.91 Å². The standard InChI is InChI=1S/C16H16N2O2/c17-13-7-5-12(6-8-13)11-16(19)18-9-10-20-15-4-2-1-3-14(15)18/h1-8H,9-11,17H2. The molecule has 4 nitrogen and oxygen atoms in total. The highest BCUT2D eigenvalue weighted by Gasteiger charge is 2.23. The van der Waals surface area contributed by atoms with Crippen LogP contribution in [0, 0.1) is 0 Å². The Labute approximate surface area is 117 Å². The van der Waals surface area contributed by atoms with Crippen molar-refractivity contribution in [1.29, 1.82) is 0 Å². The van der Waals surface area contributed by atoms with E-state index in [1.807, 2.05) is 48.5 Å². The molecule has 1 amide bonds. The third-order valence-electron chi connectivity index (χ3n) is 3.36. The second-order valence-electron chi connectivity index (χ2n) is 4.78. The van der Waals surface area contributed by atoms with Crippen LogP contribution in [0.2, 0.25) is 0 Å². The van der Waals surface area contributed by atoms with Crippen LogP contribution in [-0.4, -0.2) is 19.1 Å². The van der Waals surface area contributed by atoms with Crippen LogP contribution in [0.3, 0.4) is 0 Å². The Kier molecular flexibility index (Phi) is 3.29. The molecule has 0 aromatic heterocycles. The molecule has 102 valence electrons. The summed E-state index contributed by atoms with van der Waals surface area (Å²) in [6.45, 7) is 1.12. The molecule has 1 heterocycles. The molecule has 1 aliphatic rings. The fourth-order valence-corrected chi connectivity index (χ4v) is 2.33. The van der Waals surface area contributed by atoms with Crippen molar-refractivity contribution >= 4 is 17.3 Å². The smallest absolute Gasteiger partial charge is 0.231 e. The van der Waals surface area contributed by atoms with E-state index in [0.717, 1.165) is 17.0 Å². The maximum Gasteiger partial charge on any atom is 0.231 e. The molecule has 0 bridgehead atoms. The van der Waals surface area contributed by atoms with E-state index in [1.54, 1.807) is 4.90 Å². The van der Waals surface area contributed by atoms with E-state index in [1.165, 1.54) is 0 Å². The number of hydrogen-bond donors (Lipinski definition) is 1. The number of nitrogens with two attached hydrogens (primary N) is 1. The van der Waals surface area contributed by atoms with Crippen molar-refractivity contribution < 1.29 is 9.53 Å². The van der Waals surface area contributed by atoms with Gasteiger partial charge >= 0.3 is 0 Å². The fourth-order valence-electron chi connectivity index (χ4n) is 2.33. The van der Waals surface area contributed by atoms with Gasteiger partial charge in [0.1, 0.15) is 12.4 Å². The molecule has 0 radical (unpaired) electrons. The van der Waals surface area contributed by atoms with E-state index in [4.69, 9.17) is 10.5 Å². The zero-order chi connectivity index (χ0) is 13.9. The Bertz CT molecular complexity index is 623. The first-order valence-electron chi connectivity index (χ1n) is 6.60. The minimum Gasteiger partial charge on any atom is -0.490 e. The molecule has 4 heteroatoms. The lowest BCUT2D eigenvalue weighted by molar-refractivity contribution is -0.118. The van der Waals surface area contributed by atoms with E-state index in [2.05, 4.69) is 0 Å². The van der Waals surface area contributed by atoms with Gasteiger partial charge in [-0.05, 0) is 29.8 Å². The second-order valence-corrected chi connectivity index (χ2v) is 4.78. The lowest BCUT2D eigenvalue weighted by Crippen LogP contribution is -2.38. The van der Waals surface area contributed by atoms with E-state index < -0.39 is 0 Å². The number of amides is 1. The predicted octanol–water partition coefficient (Wildman–Crippen LogP) is 2.24. The molecule has 0 fully saturated rings. The quantitative estimate of drug-likeness (QED) is 0.850. The molecule has 2 aromatic rings. The van der Waals surface area contributed by atoms with Crippen molar-refractivity contribution in [2.24, 2.45) is 0 Å². The van der Waals surface area contributed by atoms with Gasteiger partial charge in [-0.15, -0.1) is 0 Å². The average molecular weight is 268 g/mol. The Morgan fingerprint density at radius 1 is 1.15 bits per heavy atom. The van der Waals surface area contributed by atoms with Gasteiger partial charge in [0.15, 0.2) is 0 Å². The Morgan fingerprint density at radius 2 is 1.90 bits per heavy atom. The van der Waals surface area contributed by atoms with Gasteiger partial charge < -0.3 is 15.4 Å². The average Bonchev–Trinajstić information content (AvgIpc) is 2.49. The van der Waals surface area contributed by atoms with Gasteiger partial charge in [0.2, 0.25) is 5.91 Å². The van der Waals surface area contributed by atoms with Gasteiger partial charge in [0.05, 0.1) is 18.7 Å². The number of rotatable bonds is 2. The fraction of sp³-hybridized carbons (Fsp3) is 0.188. The number of carbonyl (C=O) groups excluding carboxylic acids is 1. The maximum absolute atomic E-state index is 12.5. The summed E-state index contributed by atoms with van der Waals surface area (Å²) in [4.78, 5) is 14.2. The summed E-state index contributed by atoms with van der Waals surface area (Å²) in [6.07, 6.45) is 0.370. The summed E-state index contributed by atoms with van der Waals surface area (Å²) >= 11 is 0. The van der Waals surface area contributed by atoms with Crippen molar-refractivity contribution in [3.05, 3.63) is 54.1 Å². The van der Waals surface area contributed by atoms with Crippen LogP contribution in [0.15, 0.2) is 48.5 Å². The maximum atomic E-state index is 12.5. The summed E-state index contributed by atoms with van der Waals surface area (Å²) in [7, 11) is 0. The van der Waals surface area contributed by atoms with Crippen molar-refractivity contribution in [3.63, 3.8) is 0 Å². The van der Waals surface area contributed by atoms with Crippen LogP contribution < -0.4 is 15.4 Å². The van der Waals surface area contributed by atoms with Gasteiger partial charge in [0.25, 0.3) is 0 Å². The third kappa shape index (κ3) is 2.45. The first-order valence-corrected chi connectivity index (χ1v) is 6.60. The van der Waals surface area contributed by atoms with Crippen LogP contribution in [0.1, 0.15) is 5.56 Å². The van der Waals surface area contributed by atoms with Crippen LogP contribution in [-0.2, 0) is 11.2 Å². The molecule has 0 unspecified atom stereocenters. The molecule has 0 aliphatic carbocycles. The Balaban J connectivity index is 1.80. The van der Waals surface area contributed by atoms with Crippen LogP contribution in [0.4, 0.5) is 11.4 Å². The molecule has 0 saturated carbocycles. The van der Waals surface area contributed by atoms with E-state index in [0.29, 0.717) is 25.3 Å². The molecule has 0 saturated heterocycles. The lowest BCUT2D eigenvalue weighted by Gasteiger charge is -2.29. The number of benzene rings is 2. The molecule has 0 spiro atoms. The Morgan fingerprint density at radius 3 is 2.70 bits per heavy atom. The first-order chi connectivity index (χ1) is 9.74. The molecular weight excluding hydrogens is 252 g/mol. The molecule has 0 atom stereocenters. The number of nitrogen functional groups attached to an aromatic ring is 1. The molecule has 20 heavy (non-hydrogen) atoms. The highest BCUT2D eigenvalue weighted by Crippen LogP contribution is 2.31. The largest absolute Gasteiger partial charge is 0.490 e. The Hall–Kier alpha value is -2.49. The monoisotopic (exact) mass is 268 g/mol. The van der Waals surface area contributed by atoms with Crippen molar-refractivity contribution in [3.8, 4) is 5.75 Å². The van der Waals surface area contributed by atoms with Gasteiger partial charge in [-0.3, -0.25) is 4.79 Å². The number of ether oxygens (including phenoxy) is 1. The summed E-state index contributed by atoms with van der Waals surface area (Å²) in [6, 6.07) is 15.0. The highest BCUT2D eigenvalue weighted by atomic mass is 16.5. The number of fused-ring (bicyclic) bond motifs is 1. The lowest BCUT2D eigenvalue weighted by atomic mass is 10.1. The van der Waals surface area contributed by atoms with E-state index in [9.17, 15) is 4.79 Å². The van der Waals surface area contributed by atoms with Crippen LogP contribution in [0.5, 0.6) is 5.75 Å². The molecular formula is C16H16N2O2. The third-order valence-corrected chi connectivity index (χ3v) is 3.36. The van der Waals surface area contributed by atoms with Crippen molar-refractivity contribution in [1.82, 2.24) is 0 Å². The topological polar surface area (TPSA) is 55.6 Å². The number of hydrogen-bond acceptors (Lipinski definition) is 3. The summed E-state index contributed by atoms with van der Waals surface area (Å²) < 4.78 is 5.56. The number of nitrogens with zero attached hydrogens (tertiary/aromatic N) is 1. The number of anilines is 2. The van der Waals surface area contributed by atoms with Crippen LogP contribution in [0.25, 0.3) is 0 Å². The SMILES string of the molecule is Nc1ccc(CC(=O)N2CCOc3ccccc32)cc1. The number of carbonyl (C=O) groups is 1. The minimum atomic E-state index is 0.0746. The summed E-state index contributed by atoms with van der Waals surface area (Å²) in [5.41, 5.74) is 8.17. The predicted molar refractivity (Wildman–Crippen MR) is 78.8 cm³/mol. The van der Waals surface area contributed by atoms with Crippen molar-refractivity contribution in [2.75, 3.05) is 23.8 Å². The minimum absolute atomic E-state index is 0.0746. The zero-order valence-electron chi connectivity index (χ0n) is 11.1. The van der Waals surface area contributed by atoms with Gasteiger partial charge in [0, 0.05) is 5.69 Å². The molecule has 2 aromatic carbocycles. The van der Waals surface area contributed by atoms with Gasteiger partial charge in [-0.1, -0.05) is 24.3 Å². The molecule has 3 rings (SSSR count). The summed E-state index contributed by atoms with van der Waals surface area (Å²) in [5, 5.41) is 0. The zero-order valence-corrected chi connectivity index (χ0v) is 11.1. The van der Waals surface area contributed by atoms with E-state index >= 15 is 0 Å². The van der Waals surface area contributed by atoms with Crippen LogP contribution >= 0.6 is 0 Å². The first kappa shape index (κ1) is 12.5. The van der Waals surface area contributed by atoms with Gasteiger partial charge in [-0.2, -0.15) is 0 Å². The summed E-state index contributed by atoms with van der Waals surface area (Å²) in [5.74, 6) is 0.843. The highest BCUT2D eigenvalue weighted by molar-refractivity contribution is 5.96. The molecule has 1 aliphatic heterocycles. The normalized spacial score (nSPS) is 13.5. The van der Waals surface area contributed by atoms with Gasteiger partial charge in [-0.25, -0.2) is 0 Å². The number of para-hydroxylation sites is 2. The van der Waals surface area contributed by atoms with Crippen molar-refractivity contribution in [2.45, 2.75) is 6.42 Å².